The van der Waals surface area contributed by atoms with E-state index in [2.05, 4.69) is 17.1 Å². The third-order valence-corrected chi connectivity index (χ3v) is 5.03. The predicted octanol–water partition coefficient (Wildman–Crippen LogP) is 4.20. The van der Waals surface area contributed by atoms with E-state index in [9.17, 15) is 4.79 Å². The van der Waals surface area contributed by atoms with Crippen LogP contribution in [0.15, 0.2) is 47.1 Å². The molecule has 0 unspecified atom stereocenters. The van der Waals surface area contributed by atoms with Crippen LogP contribution >= 0.6 is 0 Å². The molecule has 1 aliphatic rings. The molecular formula is C21H29N3O3. The Morgan fingerprint density at radius 1 is 1.22 bits per heavy atom. The molecule has 6 nitrogen and oxygen atoms in total. The number of hydrogen-bond acceptors (Lipinski definition) is 4. The SMILES string of the molecule is CCOc1ccc(NC(=O)N(Cc2ccco2)C2CCN(CC)CC2)cc1. The van der Waals surface area contributed by atoms with Crippen LogP contribution in [0.3, 0.4) is 0 Å². The van der Waals surface area contributed by atoms with Crippen LogP contribution in [-0.2, 0) is 6.54 Å². The summed E-state index contributed by atoms with van der Waals surface area (Å²) >= 11 is 0. The zero-order valence-electron chi connectivity index (χ0n) is 16.2. The number of amides is 2. The van der Waals surface area contributed by atoms with E-state index < -0.39 is 0 Å². The number of carbonyl (C=O) groups excluding carboxylic acids is 1. The minimum absolute atomic E-state index is 0.0921. The van der Waals surface area contributed by atoms with Crippen LogP contribution in [0.1, 0.15) is 32.4 Å². The van der Waals surface area contributed by atoms with Crippen molar-refractivity contribution in [2.45, 2.75) is 39.3 Å². The summed E-state index contributed by atoms with van der Waals surface area (Å²) in [6, 6.07) is 11.4. The highest BCUT2D eigenvalue weighted by Crippen LogP contribution is 2.22. The molecule has 1 aromatic carbocycles. The van der Waals surface area contributed by atoms with Crippen LogP contribution in [0.2, 0.25) is 0 Å². The quantitative estimate of drug-likeness (QED) is 0.793. The Balaban J connectivity index is 1.68. The largest absolute Gasteiger partial charge is 0.494 e. The number of likely N-dealkylation sites (tertiary alicyclic amines) is 1. The molecule has 27 heavy (non-hydrogen) atoms. The number of carbonyl (C=O) groups is 1. The van der Waals surface area contributed by atoms with Crippen LogP contribution in [0.25, 0.3) is 0 Å². The summed E-state index contributed by atoms with van der Waals surface area (Å²) in [4.78, 5) is 17.4. The Bertz CT molecular complexity index is 692. The van der Waals surface area contributed by atoms with Crippen LogP contribution < -0.4 is 10.1 Å². The highest BCUT2D eigenvalue weighted by atomic mass is 16.5. The van der Waals surface area contributed by atoms with Gasteiger partial charge in [0.05, 0.1) is 19.4 Å². The molecule has 0 saturated carbocycles. The molecule has 0 bridgehead atoms. The Hall–Kier alpha value is -2.47. The second-order valence-electron chi connectivity index (χ2n) is 6.76. The minimum Gasteiger partial charge on any atom is -0.494 e. The average molecular weight is 371 g/mol. The summed E-state index contributed by atoms with van der Waals surface area (Å²) in [5, 5.41) is 3.02. The molecule has 0 spiro atoms. The summed E-state index contributed by atoms with van der Waals surface area (Å²) in [5.41, 5.74) is 0.763. The molecule has 1 aromatic heterocycles. The Morgan fingerprint density at radius 2 is 1.96 bits per heavy atom. The number of furan rings is 1. The minimum atomic E-state index is -0.0921. The fourth-order valence-electron chi connectivity index (χ4n) is 3.48. The van der Waals surface area contributed by atoms with Gasteiger partial charge in [-0.3, -0.25) is 0 Å². The molecule has 0 aliphatic carbocycles. The molecule has 1 aliphatic heterocycles. The second-order valence-corrected chi connectivity index (χ2v) is 6.76. The van der Waals surface area contributed by atoms with Gasteiger partial charge in [0.15, 0.2) is 0 Å². The Labute approximate surface area is 161 Å². The molecule has 6 heteroatoms. The first-order valence-electron chi connectivity index (χ1n) is 9.74. The van der Waals surface area contributed by atoms with E-state index in [4.69, 9.17) is 9.15 Å². The second kappa shape index (κ2) is 9.46. The van der Waals surface area contributed by atoms with Gasteiger partial charge < -0.3 is 24.3 Å². The lowest BCUT2D eigenvalue weighted by atomic mass is 10.0. The summed E-state index contributed by atoms with van der Waals surface area (Å²) < 4.78 is 11.0. The van der Waals surface area contributed by atoms with Gasteiger partial charge in [0, 0.05) is 24.8 Å². The van der Waals surface area contributed by atoms with Crippen molar-refractivity contribution in [1.82, 2.24) is 9.80 Å². The molecule has 2 amide bonds. The van der Waals surface area contributed by atoms with Crippen LogP contribution in [-0.4, -0.2) is 48.1 Å². The summed E-state index contributed by atoms with van der Waals surface area (Å²) in [6.07, 6.45) is 3.61. The van der Waals surface area contributed by atoms with E-state index in [-0.39, 0.29) is 12.1 Å². The number of urea groups is 1. The molecule has 3 rings (SSSR count). The van der Waals surface area contributed by atoms with E-state index in [1.807, 2.05) is 48.2 Å². The summed E-state index contributed by atoms with van der Waals surface area (Å²) in [7, 11) is 0. The molecule has 0 atom stereocenters. The molecule has 2 aromatic rings. The first-order chi connectivity index (χ1) is 13.2. The van der Waals surface area contributed by atoms with E-state index in [1.54, 1.807) is 6.26 Å². The van der Waals surface area contributed by atoms with Gasteiger partial charge >= 0.3 is 6.03 Å². The molecule has 1 fully saturated rings. The molecule has 1 N–H and O–H groups in total. The number of hydrogen-bond donors (Lipinski definition) is 1. The zero-order chi connectivity index (χ0) is 19.1. The number of rotatable bonds is 7. The van der Waals surface area contributed by atoms with Gasteiger partial charge in [-0.1, -0.05) is 6.92 Å². The lowest BCUT2D eigenvalue weighted by Gasteiger charge is -2.37. The van der Waals surface area contributed by atoms with E-state index >= 15 is 0 Å². The van der Waals surface area contributed by atoms with Crippen molar-refractivity contribution in [2.24, 2.45) is 0 Å². The first kappa shape index (κ1) is 19.3. The number of nitrogens with one attached hydrogen (secondary N) is 1. The van der Waals surface area contributed by atoms with Gasteiger partial charge in [0.25, 0.3) is 0 Å². The average Bonchev–Trinajstić information content (AvgIpc) is 3.21. The smallest absolute Gasteiger partial charge is 0.322 e. The molecular weight excluding hydrogens is 342 g/mol. The summed E-state index contributed by atoms with van der Waals surface area (Å²) in [6.45, 7) is 8.33. The number of anilines is 1. The Morgan fingerprint density at radius 3 is 2.56 bits per heavy atom. The number of benzene rings is 1. The van der Waals surface area contributed by atoms with Crippen molar-refractivity contribution in [1.29, 1.82) is 0 Å². The van der Waals surface area contributed by atoms with E-state index in [1.165, 1.54) is 0 Å². The van der Waals surface area contributed by atoms with Gasteiger partial charge in [0.2, 0.25) is 0 Å². The molecule has 146 valence electrons. The van der Waals surface area contributed by atoms with Gasteiger partial charge in [-0.05, 0) is 62.7 Å². The third-order valence-electron chi connectivity index (χ3n) is 5.03. The topological polar surface area (TPSA) is 58.0 Å². The fraction of sp³-hybridized carbons (Fsp3) is 0.476. The van der Waals surface area contributed by atoms with Gasteiger partial charge in [0.1, 0.15) is 11.5 Å². The van der Waals surface area contributed by atoms with Crippen LogP contribution in [0.4, 0.5) is 10.5 Å². The van der Waals surface area contributed by atoms with Crippen molar-refractivity contribution in [3.63, 3.8) is 0 Å². The molecule has 0 radical (unpaired) electrons. The standard InChI is InChI=1S/C21H29N3O3/c1-3-23-13-11-18(12-14-23)24(16-20-6-5-15-27-20)21(25)22-17-7-9-19(10-8-17)26-4-2/h5-10,15,18H,3-4,11-14,16H2,1-2H3,(H,22,25). The molecule has 1 saturated heterocycles. The highest BCUT2D eigenvalue weighted by molar-refractivity contribution is 5.89. The fourth-order valence-corrected chi connectivity index (χ4v) is 3.48. The highest BCUT2D eigenvalue weighted by Gasteiger charge is 2.28. The lowest BCUT2D eigenvalue weighted by molar-refractivity contribution is 0.121. The van der Waals surface area contributed by atoms with Crippen LogP contribution in [0, 0.1) is 0 Å². The number of nitrogens with zero attached hydrogens (tertiary/aromatic N) is 2. The zero-order valence-corrected chi connectivity index (χ0v) is 16.2. The maximum absolute atomic E-state index is 13.0. The van der Waals surface area contributed by atoms with Crippen molar-refractivity contribution in [3.05, 3.63) is 48.4 Å². The van der Waals surface area contributed by atoms with Gasteiger partial charge in [-0.25, -0.2) is 4.79 Å². The predicted molar refractivity (Wildman–Crippen MR) is 106 cm³/mol. The lowest BCUT2D eigenvalue weighted by Crippen LogP contribution is -2.48. The number of piperidine rings is 1. The van der Waals surface area contributed by atoms with Gasteiger partial charge in [-0.15, -0.1) is 0 Å². The number of ether oxygens (including phenoxy) is 1. The van der Waals surface area contributed by atoms with Gasteiger partial charge in [-0.2, -0.15) is 0 Å². The monoisotopic (exact) mass is 371 g/mol. The first-order valence-corrected chi connectivity index (χ1v) is 9.74. The van der Waals surface area contributed by atoms with Crippen LogP contribution in [0.5, 0.6) is 5.75 Å². The Kier molecular flexibility index (Phi) is 6.76. The van der Waals surface area contributed by atoms with Crippen molar-refractivity contribution in [2.75, 3.05) is 31.6 Å². The van der Waals surface area contributed by atoms with E-state index in [0.717, 1.165) is 49.7 Å². The molecule has 2 heterocycles. The van der Waals surface area contributed by atoms with Crippen molar-refractivity contribution < 1.29 is 13.9 Å². The normalized spacial score (nSPS) is 15.5. The maximum atomic E-state index is 13.0. The summed E-state index contributed by atoms with van der Waals surface area (Å²) in [5.74, 6) is 1.60. The van der Waals surface area contributed by atoms with Crippen molar-refractivity contribution >= 4 is 11.7 Å². The maximum Gasteiger partial charge on any atom is 0.322 e. The third kappa shape index (κ3) is 5.26. The van der Waals surface area contributed by atoms with E-state index in [0.29, 0.717) is 13.2 Å². The van der Waals surface area contributed by atoms with Crippen molar-refractivity contribution in [3.8, 4) is 5.75 Å².